The molecule has 2 aliphatic rings. The number of rotatable bonds is 35. The summed E-state index contributed by atoms with van der Waals surface area (Å²) in [6, 6.07) is 3.90. The van der Waals surface area contributed by atoms with E-state index in [1.807, 2.05) is 19.9 Å². The number of fused-ring (bicyclic) bond motifs is 1. The van der Waals surface area contributed by atoms with Gasteiger partial charge in [0.05, 0.1) is 17.9 Å². The number of carbonyl (C=O) groups excluding carboxylic acids is 11. The van der Waals surface area contributed by atoms with E-state index in [9.17, 15) is 86.2 Å². The molecule has 600 valence electrons. The highest BCUT2D eigenvalue weighted by molar-refractivity contribution is 6.00. The van der Waals surface area contributed by atoms with Crippen molar-refractivity contribution in [3.05, 3.63) is 118 Å². The van der Waals surface area contributed by atoms with Gasteiger partial charge in [-0.3, -0.25) is 73.1 Å². The maximum atomic E-state index is 14.7. The fourth-order valence-electron chi connectivity index (χ4n) is 11.8. The van der Waals surface area contributed by atoms with Crippen LogP contribution in [-0.4, -0.2) is 198 Å². The van der Waals surface area contributed by atoms with Crippen molar-refractivity contribution in [3.8, 4) is 5.75 Å². The summed E-state index contributed by atoms with van der Waals surface area (Å²) in [7, 11) is 0. The predicted molar refractivity (Wildman–Crippen MR) is 394 cm³/mol. The van der Waals surface area contributed by atoms with Crippen LogP contribution in [-0.2, 0) is 83.0 Å². The number of nitrogens with one attached hydrogen (secondary N) is 14. The van der Waals surface area contributed by atoms with Gasteiger partial charge >= 0.3 is 6.18 Å². The second-order valence-corrected chi connectivity index (χ2v) is 27.5. The highest BCUT2D eigenvalue weighted by atomic mass is 19.4. The van der Waals surface area contributed by atoms with Gasteiger partial charge in [0.15, 0.2) is 5.96 Å². The number of hydrogen-bond donors (Lipinski definition) is 18. The molecule has 9 atom stereocenters. The van der Waals surface area contributed by atoms with Gasteiger partial charge in [-0.2, -0.15) is 13.2 Å². The Kier molecular flexibility index (Phi) is 34.5. The average molecular weight is 1550 g/mol. The number of aromatic amines is 2. The molecule has 2 saturated heterocycles. The van der Waals surface area contributed by atoms with Crippen molar-refractivity contribution in [2.45, 2.75) is 187 Å². The Balaban J connectivity index is 0.000000805. The van der Waals surface area contributed by atoms with Crippen molar-refractivity contribution >= 4 is 99.2 Å². The number of phenolic OH excluding ortho intramolecular Hbond substituents is 1. The number of aliphatic hydroxyl groups is 1. The minimum Gasteiger partial charge on any atom is -0.508 e. The van der Waals surface area contributed by atoms with Gasteiger partial charge < -0.3 is 94.4 Å². The molecule has 2 aliphatic heterocycles. The van der Waals surface area contributed by atoms with Crippen molar-refractivity contribution in [2.24, 2.45) is 23.5 Å². The fraction of sp³-hybridized carbons (Fsp3) is 0.500. The smallest absolute Gasteiger partial charge is 0.423 e. The quantitative estimate of drug-likeness (QED) is 0.00907. The largest absolute Gasteiger partial charge is 0.508 e. The van der Waals surface area contributed by atoms with Crippen LogP contribution in [0.1, 0.15) is 129 Å². The lowest BCUT2D eigenvalue weighted by Crippen LogP contribution is -2.61. The number of carboxylic acid groups (broad SMARTS) is 1. The number of halogens is 3. The molecule has 2 aromatic heterocycles. The number of nitrogens with zero attached hydrogens (tertiary/aromatic N) is 3. The standard InChI is InChI=1S/C59H84N16O12.C11H11F3N2O3.C2H4O2/c1-6-63-57(86)48-14-10-22-75(48)58(87)41(13-9-21-64-59(60)61)68-51(80)42(23-32(2)3)69-52(81)43(24-33(4)5)70-53(82)44(25-34-15-17-37(77)18-16-34)71-56(85)47(30-76)74-54(83)45(26-35-28-65-39-12-8-7-11-38(35)39)72-55(84)46(27-36-29-62-31-66-36)73-50(79)40-19-20-49(78)67-40;1-6(2)10(17)15-7-3-4-9(16(18)19)8(5-7)11(12,13)14;1-2(3)4/h7-8,11-12,15-18,28-29,31-33,40-48,65,76-77H,6,9-10,13-14,19-27,30H2,1-5H3,(H,62,66)(H,63,86)(H,67,78)(H,68,80)(H,69,81)(H,70,82)(H,71,85)(H,72,84)(H,73,79)(H,74,83)(H4,60,61,64);3-6H,1-2H3,(H,15,17);1H3,(H,3,4)/t40-,41-,42-,43+,44-,45-,46-,47-,48-;;/m0../s1. The Morgan fingerprint density at radius 3 is 1.80 bits per heavy atom. The zero-order valence-electron chi connectivity index (χ0n) is 62.2. The van der Waals surface area contributed by atoms with Crippen LogP contribution in [0.3, 0.4) is 0 Å². The number of hydrogen-bond acceptors (Lipinski definition) is 18. The number of benzene rings is 3. The maximum Gasteiger partial charge on any atom is 0.423 e. The molecule has 0 spiro atoms. The zero-order chi connectivity index (χ0) is 81.7. The molecule has 0 saturated carbocycles. The highest BCUT2D eigenvalue weighted by Gasteiger charge is 2.42. The number of likely N-dealkylation sites (N-methyl/N-ethyl adjacent to an activating group) is 1. The van der Waals surface area contributed by atoms with Crippen molar-refractivity contribution in [1.82, 2.24) is 73.0 Å². The average Bonchev–Trinajstić information content (AvgIpc) is 1.69. The summed E-state index contributed by atoms with van der Waals surface area (Å²) in [5, 5.41) is 76.3. The maximum absolute atomic E-state index is 14.7. The Morgan fingerprint density at radius 2 is 1.27 bits per heavy atom. The first-order valence-corrected chi connectivity index (χ1v) is 35.7. The predicted octanol–water partition coefficient (Wildman–Crippen LogP) is 2.07. The molecule has 0 bridgehead atoms. The molecule has 3 aromatic carbocycles. The Hall–Kier alpha value is -11.7. The summed E-state index contributed by atoms with van der Waals surface area (Å²) in [4.78, 5) is 181. The Bertz CT molecular complexity index is 4020. The summed E-state index contributed by atoms with van der Waals surface area (Å²) in [5.74, 6) is -9.41. The van der Waals surface area contributed by atoms with Gasteiger partial charge in [-0.25, -0.2) is 4.98 Å². The van der Waals surface area contributed by atoms with E-state index in [-0.39, 0.29) is 106 Å². The molecule has 2 fully saturated rings. The van der Waals surface area contributed by atoms with Crippen molar-refractivity contribution in [3.63, 3.8) is 0 Å². The van der Waals surface area contributed by atoms with Crippen molar-refractivity contribution in [1.29, 1.82) is 5.41 Å². The van der Waals surface area contributed by atoms with Gasteiger partial charge in [-0.1, -0.05) is 71.9 Å². The third-order valence-electron chi connectivity index (χ3n) is 17.2. The van der Waals surface area contributed by atoms with Crippen molar-refractivity contribution < 1.29 is 90.9 Å². The van der Waals surface area contributed by atoms with Gasteiger partial charge in [-0.05, 0) is 105 Å². The first-order chi connectivity index (χ1) is 51.9. The molecule has 5 aromatic rings. The number of guanidine groups is 1. The van der Waals surface area contributed by atoms with Crippen molar-refractivity contribution in [2.75, 3.05) is 31.6 Å². The van der Waals surface area contributed by atoms with Crippen LogP contribution in [0.4, 0.5) is 24.5 Å². The second-order valence-electron chi connectivity index (χ2n) is 27.5. The Labute approximate surface area is 631 Å². The highest BCUT2D eigenvalue weighted by Crippen LogP contribution is 2.38. The molecule has 7 rings (SSSR count). The van der Waals surface area contributed by atoms with Crippen LogP contribution in [0.15, 0.2) is 85.5 Å². The number of alkyl halides is 3. The third kappa shape index (κ3) is 28.4. The fourth-order valence-corrected chi connectivity index (χ4v) is 11.8. The molecule has 38 heteroatoms. The number of phenols is 1. The van der Waals surface area contributed by atoms with Gasteiger partial charge in [0.1, 0.15) is 65.7 Å². The topological polar surface area (TPSA) is 539 Å². The molecule has 0 unspecified atom stereocenters. The number of nitro groups is 1. The van der Waals surface area contributed by atoms with Gasteiger partial charge in [0.2, 0.25) is 65.0 Å². The molecular formula is C72H99F3N18O17. The van der Waals surface area contributed by atoms with Gasteiger partial charge in [0.25, 0.3) is 11.7 Å². The molecule has 4 heterocycles. The number of para-hydroxylation sites is 1. The van der Waals surface area contributed by atoms with Crippen LogP contribution < -0.4 is 64.2 Å². The number of likely N-dealkylation sites (tertiary alicyclic amines) is 1. The van der Waals surface area contributed by atoms with E-state index in [1.54, 1.807) is 59.0 Å². The number of aromatic hydroxyl groups is 1. The summed E-state index contributed by atoms with van der Waals surface area (Å²) in [5.41, 5.74) is 5.13. The van der Waals surface area contributed by atoms with E-state index in [1.165, 1.54) is 41.7 Å². The summed E-state index contributed by atoms with van der Waals surface area (Å²) >= 11 is 0. The number of amides is 11. The molecule has 0 aliphatic carbocycles. The summed E-state index contributed by atoms with van der Waals surface area (Å²) < 4.78 is 38.0. The monoisotopic (exact) mass is 1540 g/mol. The van der Waals surface area contributed by atoms with E-state index in [0.29, 0.717) is 54.1 Å². The minimum atomic E-state index is -4.86. The van der Waals surface area contributed by atoms with Crippen LogP contribution in [0, 0.1) is 33.3 Å². The van der Waals surface area contributed by atoms with Gasteiger partial charge in [0, 0.05) is 98.9 Å². The second kappa shape index (κ2) is 42.7. The number of aliphatic carboxylic acids is 1. The number of anilines is 1. The van der Waals surface area contributed by atoms with Gasteiger partial charge in [-0.15, -0.1) is 0 Å². The number of imidazole rings is 1. The number of aliphatic hydroxyl groups excluding tert-OH is 1. The number of nitro benzene ring substituents is 1. The Morgan fingerprint density at radius 1 is 0.718 bits per heavy atom. The number of aromatic nitrogens is 3. The number of nitrogens with two attached hydrogens (primary N) is 1. The number of H-pyrrole nitrogens is 2. The lowest BCUT2D eigenvalue weighted by atomic mass is 9.98. The van der Waals surface area contributed by atoms with E-state index in [0.717, 1.165) is 24.6 Å². The summed E-state index contributed by atoms with van der Waals surface area (Å²) in [6.45, 7) is 13.1. The lowest BCUT2D eigenvalue weighted by molar-refractivity contribution is -0.388. The molecule has 11 amide bonds. The SMILES string of the molecule is CC(=O)O.CC(C)C(=O)Nc1ccc([N+](=O)[O-])c(C(F)(F)F)c1.CCNC(=O)[C@@H]1CCCN1C(=O)[C@H](CCCNC(=N)N)NC(=O)[C@H](CC(C)C)NC(=O)[C@@H](CC(C)C)NC(=O)[C@H](Cc1ccc(O)cc1)NC(=O)[C@H](CO)NC(=O)[C@H](Cc1c[nH]c2ccccc12)NC(=O)[C@H](Cc1cnc[nH]1)NC(=O)[C@@H]1CCC(=O)N1. The number of carboxylic acids is 1. The molecule has 110 heavy (non-hydrogen) atoms. The zero-order valence-corrected chi connectivity index (χ0v) is 62.2. The van der Waals surface area contributed by atoms with E-state index >= 15 is 0 Å². The van der Waals surface area contributed by atoms with Crippen LogP contribution in [0.25, 0.3) is 10.9 Å². The lowest BCUT2D eigenvalue weighted by Gasteiger charge is -2.31. The molecule has 35 nitrogen and oxygen atoms in total. The van der Waals surface area contributed by atoms with E-state index < -0.39 is 148 Å². The molecular weight excluding hydrogens is 1450 g/mol. The third-order valence-corrected chi connectivity index (χ3v) is 17.2. The van der Waals surface area contributed by atoms with Crippen LogP contribution >= 0.6 is 0 Å². The van der Waals surface area contributed by atoms with Crippen LogP contribution in [0.2, 0.25) is 0 Å². The van der Waals surface area contributed by atoms with Crippen LogP contribution in [0.5, 0.6) is 5.75 Å². The molecule has 0 radical (unpaired) electrons. The van der Waals surface area contributed by atoms with E-state index in [4.69, 9.17) is 21.0 Å². The molecule has 19 N–H and O–H groups in total. The first kappa shape index (κ1) is 88.9. The minimum absolute atomic E-state index is 0.0380. The number of carbonyl (C=O) groups is 12. The summed E-state index contributed by atoms with van der Waals surface area (Å²) in [6.07, 6.45) is 0.950. The first-order valence-electron chi connectivity index (χ1n) is 35.7. The normalized spacial score (nSPS) is 15.8. The van der Waals surface area contributed by atoms with E-state index in [2.05, 4.69) is 73.4 Å².